The summed E-state index contributed by atoms with van der Waals surface area (Å²) < 4.78 is 12.2. The molecule has 1 aliphatic heterocycles. The van der Waals surface area contributed by atoms with Gasteiger partial charge < -0.3 is 14.2 Å². The lowest BCUT2D eigenvalue weighted by Gasteiger charge is -2.24. The molecule has 0 saturated carbocycles. The molecular formula is C15H20N4O3. The van der Waals surface area contributed by atoms with Gasteiger partial charge in [0.05, 0.1) is 24.4 Å². The highest BCUT2D eigenvalue weighted by Gasteiger charge is 2.36. The number of nitrogens with zero attached hydrogens (tertiary/aromatic N) is 4. The van der Waals surface area contributed by atoms with E-state index >= 15 is 0 Å². The molecule has 1 saturated heterocycles. The molecule has 0 aromatic carbocycles. The van der Waals surface area contributed by atoms with Crippen molar-refractivity contribution in [1.29, 1.82) is 0 Å². The third-order valence-corrected chi connectivity index (χ3v) is 4.10. The first-order chi connectivity index (χ1) is 10.5. The summed E-state index contributed by atoms with van der Waals surface area (Å²) in [6.07, 6.45) is 1.84. The van der Waals surface area contributed by atoms with Gasteiger partial charge in [-0.15, -0.1) is 0 Å². The summed E-state index contributed by atoms with van der Waals surface area (Å²) in [5, 5.41) is 8.26. The Bertz CT molecular complexity index is 704. The molecule has 1 aliphatic rings. The highest BCUT2D eigenvalue weighted by Crippen LogP contribution is 2.39. The van der Waals surface area contributed by atoms with Gasteiger partial charge in [0.25, 0.3) is 5.91 Å². The fourth-order valence-corrected chi connectivity index (χ4v) is 3.20. The highest BCUT2D eigenvalue weighted by atomic mass is 16.5. The van der Waals surface area contributed by atoms with Crippen LogP contribution in [0.5, 0.6) is 5.88 Å². The number of hydrogen-bond donors (Lipinski definition) is 0. The first-order valence-corrected chi connectivity index (χ1v) is 7.34. The van der Waals surface area contributed by atoms with Gasteiger partial charge in [-0.2, -0.15) is 5.10 Å². The van der Waals surface area contributed by atoms with Gasteiger partial charge in [-0.3, -0.25) is 4.79 Å². The van der Waals surface area contributed by atoms with Crippen molar-refractivity contribution in [2.24, 2.45) is 7.05 Å². The van der Waals surface area contributed by atoms with Crippen molar-refractivity contribution in [3.8, 4) is 5.88 Å². The lowest BCUT2D eigenvalue weighted by molar-refractivity contribution is 0.0723. The Labute approximate surface area is 128 Å². The van der Waals surface area contributed by atoms with Crippen molar-refractivity contribution in [2.75, 3.05) is 13.7 Å². The summed E-state index contributed by atoms with van der Waals surface area (Å²) in [4.78, 5) is 14.5. The summed E-state index contributed by atoms with van der Waals surface area (Å²) in [6.45, 7) is 4.42. The van der Waals surface area contributed by atoms with Crippen molar-refractivity contribution in [3.63, 3.8) is 0 Å². The number of methoxy groups -OCH3 is 1. The fraction of sp³-hybridized carbons (Fsp3) is 0.533. The van der Waals surface area contributed by atoms with E-state index in [9.17, 15) is 4.79 Å². The van der Waals surface area contributed by atoms with Crippen LogP contribution in [0.15, 0.2) is 10.6 Å². The maximum absolute atomic E-state index is 12.7. The maximum atomic E-state index is 12.7. The lowest BCUT2D eigenvalue weighted by Crippen LogP contribution is -2.31. The third-order valence-electron chi connectivity index (χ3n) is 4.10. The quantitative estimate of drug-likeness (QED) is 0.867. The summed E-state index contributed by atoms with van der Waals surface area (Å²) in [6, 6.07) is 1.64. The summed E-state index contributed by atoms with van der Waals surface area (Å²) in [5.41, 5.74) is 2.22. The molecule has 1 unspecified atom stereocenters. The van der Waals surface area contributed by atoms with E-state index in [2.05, 4.69) is 10.3 Å². The zero-order valence-electron chi connectivity index (χ0n) is 13.3. The Balaban J connectivity index is 1.95. The second kappa shape index (κ2) is 5.47. The van der Waals surface area contributed by atoms with Crippen LogP contribution in [-0.4, -0.2) is 39.4 Å². The molecule has 118 valence electrons. The van der Waals surface area contributed by atoms with Gasteiger partial charge in [0.15, 0.2) is 5.69 Å². The molecule has 0 bridgehead atoms. The number of aromatic nitrogens is 3. The number of likely N-dealkylation sites (tertiary alicyclic amines) is 1. The van der Waals surface area contributed by atoms with Crippen molar-refractivity contribution in [3.05, 3.63) is 28.8 Å². The van der Waals surface area contributed by atoms with Crippen LogP contribution in [-0.2, 0) is 7.05 Å². The van der Waals surface area contributed by atoms with Crippen LogP contribution in [0.1, 0.15) is 46.4 Å². The zero-order chi connectivity index (χ0) is 15.9. The van der Waals surface area contributed by atoms with Gasteiger partial charge in [-0.25, -0.2) is 4.68 Å². The van der Waals surface area contributed by atoms with E-state index in [-0.39, 0.29) is 11.9 Å². The molecular weight excluding hydrogens is 284 g/mol. The first kappa shape index (κ1) is 14.6. The molecule has 0 aliphatic carbocycles. The Hall–Kier alpha value is -2.31. The number of aryl methyl sites for hydroxylation is 3. The first-order valence-electron chi connectivity index (χ1n) is 7.34. The van der Waals surface area contributed by atoms with E-state index in [1.807, 2.05) is 18.9 Å². The van der Waals surface area contributed by atoms with Crippen LogP contribution in [0.2, 0.25) is 0 Å². The topological polar surface area (TPSA) is 73.4 Å². The van der Waals surface area contributed by atoms with Gasteiger partial charge in [0.1, 0.15) is 5.76 Å². The zero-order valence-corrected chi connectivity index (χ0v) is 13.3. The number of amides is 1. The minimum absolute atomic E-state index is 0.0341. The summed E-state index contributed by atoms with van der Waals surface area (Å²) >= 11 is 0. The predicted octanol–water partition coefficient (Wildman–Crippen LogP) is 2.01. The summed E-state index contributed by atoms with van der Waals surface area (Å²) in [7, 11) is 3.47. The smallest absolute Gasteiger partial charge is 0.276 e. The minimum Gasteiger partial charge on any atom is -0.481 e. The molecule has 2 aromatic rings. The Kier molecular flexibility index (Phi) is 3.64. The van der Waals surface area contributed by atoms with Gasteiger partial charge in [-0.05, 0) is 26.7 Å². The number of hydrogen-bond acceptors (Lipinski definition) is 5. The van der Waals surface area contributed by atoms with E-state index in [1.54, 1.807) is 24.8 Å². The van der Waals surface area contributed by atoms with Crippen LogP contribution < -0.4 is 4.74 Å². The van der Waals surface area contributed by atoms with Crippen LogP contribution >= 0.6 is 0 Å². The lowest BCUT2D eigenvalue weighted by atomic mass is 10.0. The molecule has 0 radical (unpaired) electrons. The predicted molar refractivity (Wildman–Crippen MR) is 78.7 cm³/mol. The largest absolute Gasteiger partial charge is 0.481 e. The fourth-order valence-electron chi connectivity index (χ4n) is 3.20. The Morgan fingerprint density at radius 3 is 2.86 bits per heavy atom. The molecule has 1 fully saturated rings. The van der Waals surface area contributed by atoms with Crippen LogP contribution in [0, 0.1) is 13.8 Å². The molecule has 2 aromatic heterocycles. The van der Waals surface area contributed by atoms with Gasteiger partial charge >= 0.3 is 0 Å². The number of rotatable bonds is 3. The van der Waals surface area contributed by atoms with E-state index in [1.165, 1.54) is 0 Å². The normalized spacial score (nSPS) is 18.0. The molecule has 0 spiro atoms. The Morgan fingerprint density at radius 1 is 1.45 bits per heavy atom. The highest BCUT2D eigenvalue weighted by molar-refractivity contribution is 5.92. The van der Waals surface area contributed by atoms with E-state index in [0.29, 0.717) is 23.9 Å². The van der Waals surface area contributed by atoms with Crippen LogP contribution in [0.4, 0.5) is 0 Å². The minimum atomic E-state index is -0.107. The Morgan fingerprint density at radius 2 is 2.23 bits per heavy atom. The van der Waals surface area contributed by atoms with Gasteiger partial charge in [0.2, 0.25) is 5.88 Å². The van der Waals surface area contributed by atoms with E-state index < -0.39 is 0 Å². The molecule has 7 nitrogen and oxygen atoms in total. The number of ether oxygens (including phenoxy) is 1. The van der Waals surface area contributed by atoms with Crippen LogP contribution in [0.25, 0.3) is 0 Å². The van der Waals surface area contributed by atoms with Gasteiger partial charge in [-0.1, -0.05) is 5.16 Å². The monoisotopic (exact) mass is 304 g/mol. The second-order valence-electron chi connectivity index (χ2n) is 5.61. The van der Waals surface area contributed by atoms with Crippen LogP contribution in [0.3, 0.4) is 0 Å². The van der Waals surface area contributed by atoms with E-state index in [0.717, 1.165) is 24.1 Å². The van der Waals surface area contributed by atoms with Crippen molar-refractivity contribution >= 4 is 5.91 Å². The number of carbonyl (C=O) groups is 1. The molecule has 0 N–H and O–H groups in total. The molecule has 22 heavy (non-hydrogen) atoms. The molecule has 3 rings (SSSR count). The number of carbonyl (C=O) groups excluding carboxylic acids is 1. The third kappa shape index (κ3) is 2.26. The maximum Gasteiger partial charge on any atom is 0.276 e. The average Bonchev–Trinajstić information content (AvgIpc) is 3.16. The molecule has 3 heterocycles. The van der Waals surface area contributed by atoms with Gasteiger partial charge in [0, 0.05) is 19.7 Å². The second-order valence-corrected chi connectivity index (χ2v) is 5.61. The molecule has 1 atom stereocenters. The van der Waals surface area contributed by atoms with Crippen molar-refractivity contribution < 1.29 is 14.1 Å². The SMILES string of the molecule is COc1c(C2CCCN2C(=O)c2cc(C)on2)c(C)nn1C. The standard InChI is InChI=1S/C15H20N4O3/c1-9-8-11(17-22-9)14(20)19-7-5-6-12(19)13-10(2)16-18(3)15(13)21-4/h8,12H,5-7H2,1-4H3. The van der Waals surface area contributed by atoms with Crippen molar-refractivity contribution in [2.45, 2.75) is 32.7 Å². The molecule has 1 amide bonds. The summed E-state index contributed by atoms with van der Waals surface area (Å²) in [5.74, 6) is 1.23. The molecule has 7 heteroatoms. The van der Waals surface area contributed by atoms with E-state index in [4.69, 9.17) is 9.26 Å². The van der Waals surface area contributed by atoms with Crippen molar-refractivity contribution in [1.82, 2.24) is 19.8 Å². The average molecular weight is 304 g/mol.